The summed E-state index contributed by atoms with van der Waals surface area (Å²) in [4.78, 5) is 24.2. The molecule has 1 fully saturated rings. The van der Waals surface area contributed by atoms with Crippen molar-refractivity contribution in [1.82, 2.24) is 0 Å². The maximum atomic E-state index is 12.7. The van der Waals surface area contributed by atoms with Crippen LogP contribution in [0.5, 0.6) is 0 Å². The number of amides is 2. The van der Waals surface area contributed by atoms with Gasteiger partial charge in [-0.25, -0.2) is 0 Å². The molecule has 26 heavy (non-hydrogen) atoms. The van der Waals surface area contributed by atoms with Crippen LogP contribution in [0.3, 0.4) is 0 Å². The van der Waals surface area contributed by atoms with Gasteiger partial charge in [0.15, 0.2) is 0 Å². The van der Waals surface area contributed by atoms with Gasteiger partial charge in [-0.15, -0.1) is 0 Å². The van der Waals surface area contributed by atoms with E-state index in [1.807, 2.05) is 18.2 Å². The molecule has 130 valence electrons. The first kappa shape index (κ1) is 16.3. The fraction of sp³-hybridized carbons (Fsp3) is 0.182. The molecule has 0 aromatic heterocycles. The molecule has 2 atom stereocenters. The number of primary amides is 1. The van der Waals surface area contributed by atoms with E-state index in [9.17, 15) is 9.59 Å². The average Bonchev–Trinajstić information content (AvgIpc) is 3.43. The third-order valence-electron chi connectivity index (χ3n) is 5.21. The number of benzene rings is 3. The van der Waals surface area contributed by atoms with Crippen molar-refractivity contribution in [3.8, 4) is 0 Å². The van der Waals surface area contributed by atoms with Gasteiger partial charge in [0.25, 0.3) is 0 Å². The van der Waals surface area contributed by atoms with Crippen molar-refractivity contribution >= 4 is 28.3 Å². The summed E-state index contributed by atoms with van der Waals surface area (Å²) in [6.45, 7) is 1.80. The van der Waals surface area contributed by atoms with E-state index in [1.54, 1.807) is 25.1 Å². The highest BCUT2D eigenvalue weighted by Gasteiger charge is 2.44. The van der Waals surface area contributed by atoms with Gasteiger partial charge in [0.2, 0.25) is 11.8 Å². The second-order valence-electron chi connectivity index (χ2n) is 6.85. The fourth-order valence-corrected chi connectivity index (χ4v) is 3.67. The molecule has 4 heteroatoms. The number of fused-ring (bicyclic) bond motifs is 1. The zero-order chi connectivity index (χ0) is 18.3. The summed E-state index contributed by atoms with van der Waals surface area (Å²) < 4.78 is 0. The quantitative estimate of drug-likeness (QED) is 0.751. The zero-order valence-corrected chi connectivity index (χ0v) is 14.5. The van der Waals surface area contributed by atoms with Gasteiger partial charge in [0.1, 0.15) is 0 Å². The molecule has 0 spiro atoms. The van der Waals surface area contributed by atoms with Gasteiger partial charge in [0.05, 0.1) is 0 Å². The first-order valence-corrected chi connectivity index (χ1v) is 8.74. The van der Waals surface area contributed by atoms with Crippen molar-refractivity contribution in [1.29, 1.82) is 0 Å². The van der Waals surface area contributed by atoms with Gasteiger partial charge in [-0.1, -0.05) is 48.5 Å². The minimum absolute atomic E-state index is 0.00680. The average molecular weight is 344 g/mol. The molecule has 1 saturated carbocycles. The summed E-state index contributed by atoms with van der Waals surface area (Å²) in [6.07, 6.45) is 0.842. The number of nitrogens with one attached hydrogen (secondary N) is 1. The van der Waals surface area contributed by atoms with Crippen LogP contribution in [0.15, 0.2) is 60.7 Å². The largest absolute Gasteiger partial charge is 0.366 e. The Morgan fingerprint density at radius 1 is 1.00 bits per heavy atom. The van der Waals surface area contributed by atoms with Crippen LogP contribution in [0.4, 0.5) is 5.69 Å². The van der Waals surface area contributed by atoms with E-state index in [2.05, 4.69) is 29.6 Å². The fourth-order valence-electron chi connectivity index (χ4n) is 3.67. The van der Waals surface area contributed by atoms with Crippen LogP contribution in [0.2, 0.25) is 0 Å². The molecule has 0 radical (unpaired) electrons. The van der Waals surface area contributed by atoms with Crippen molar-refractivity contribution in [3.05, 3.63) is 77.4 Å². The first-order chi connectivity index (χ1) is 12.6. The third-order valence-corrected chi connectivity index (χ3v) is 5.21. The molecule has 2 amide bonds. The van der Waals surface area contributed by atoms with Gasteiger partial charge >= 0.3 is 0 Å². The van der Waals surface area contributed by atoms with Gasteiger partial charge in [-0.05, 0) is 53.3 Å². The predicted molar refractivity (Wildman–Crippen MR) is 103 cm³/mol. The minimum atomic E-state index is -0.487. The third kappa shape index (κ3) is 2.84. The van der Waals surface area contributed by atoms with Crippen molar-refractivity contribution in [2.75, 3.05) is 5.32 Å². The zero-order valence-electron chi connectivity index (χ0n) is 14.5. The van der Waals surface area contributed by atoms with E-state index in [0.29, 0.717) is 16.8 Å². The van der Waals surface area contributed by atoms with Crippen molar-refractivity contribution in [2.24, 2.45) is 11.7 Å². The van der Waals surface area contributed by atoms with E-state index in [0.717, 1.165) is 6.42 Å². The number of carbonyl (C=O) groups excluding carboxylic acids is 2. The Morgan fingerprint density at radius 3 is 2.54 bits per heavy atom. The summed E-state index contributed by atoms with van der Waals surface area (Å²) in [5.74, 6) is -0.301. The van der Waals surface area contributed by atoms with Crippen molar-refractivity contribution in [2.45, 2.75) is 19.3 Å². The summed E-state index contributed by atoms with van der Waals surface area (Å²) in [6, 6.07) is 19.7. The number of anilines is 1. The van der Waals surface area contributed by atoms with E-state index in [1.165, 1.54) is 16.3 Å². The SMILES string of the molecule is Cc1c(NC(=O)[C@@H]2C[C@H]2c2cccc3ccccc23)cccc1C(N)=O. The molecule has 3 aromatic carbocycles. The molecule has 3 N–H and O–H groups in total. The topological polar surface area (TPSA) is 72.2 Å². The standard InChI is InChI=1S/C22H20N2O2/c1-13-15(21(23)25)9-5-11-20(13)24-22(26)19-12-18(19)17-10-4-7-14-6-2-3-8-16(14)17/h2-11,18-19H,12H2,1H3,(H2,23,25)(H,24,26)/t18-,19+/m0/s1. The lowest BCUT2D eigenvalue weighted by Crippen LogP contribution is -2.18. The molecule has 4 nitrogen and oxygen atoms in total. The lowest BCUT2D eigenvalue weighted by molar-refractivity contribution is -0.117. The molecule has 0 bridgehead atoms. The summed E-state index contributed by atoms with van der Waals surface area (Å²) >= 11 is 0. The molecule has 1 aliphatic rings. The highest BCUT2D eigenvalue weighted by Crippen LogP contribution is 2.50. The predicted octanol–water partition coefficient (Wildman–Crippen LogP) is 3.99. The van der Waals surface area contributed by atoms with Gasteiger partial charge < -0.3 is 11.1 Å². The number of carbonyl (C=O) groups is 2. The van der Waals surface area contributed by atoms with Crippen molar-refractivity contribution in [3.63, 3.8) is 0 Å². The molecule has 0 saturated heterocycles. The van der Waals surface area contributed by atoms with Gasteiger partial charge in [-0.3, -0.25) is 9.59 Å². The summed E-state index contributed by atoms with van der Waals surface area (Å²) in [5, 5.41) is 5.37. The Kier molecular flexibility index (Phi) is 3.96. The van der Waals surface area contributed by atoms with Crippen LogP contribution in [0.1, 0.15) is 33.8 Å². The minimum Gasteiger partial charge on any atom is -0.366 e. The van der Waals surface area contributed by atoms with Crippen molar-refractivity contribution < 1.29 is 9.59 Å². The number of nitrogens with two attached hydrogens (primary N) is 1. The molecule has 0 unspecified atom stereocenters. The van der Waals surface area contributed by atoms with E-state index < -0.39 is 5.91 Å². The molecular formula is C22H20N2O2. The Labute approximate surface area is 152 Å². The smallest absolute Gasteiger partial charge is 0.249 e. The van der Waals surface area contributed by atoms with E-state index >= 15 is 0 Å². The van der Waals surface area contributed by atoms with Gasteiger partial charge in [-0.2, -0.15) is 0 Å². The van der Waals surface area contributed by atoms with Crippen LogP contribution in [-0.4, -0.2) is 11.8 Å². The first-order valence-electron chi connectivity index (χ1n) is 8.74. The van der Waals surface area contributed by atoms with E-state index in [-0.39, 0.29) is 17.7 Å². The van der Waals surface area contributed by atoms with E-state index in [4.69, 9.17) is 5.73 Å². The Hall–Kier alpha value is -3.14. The molecular weight excluding hydrogens is 324 g/mol. The number of hydrogen-bond acceptors (Lipinski definition) is 2. The normalized spacial score (nSPS) is 18.5. The molecule has 4 rings (SSSR count). The Bertz CT molecular complexity index is 1020. The van der Waals surface area contributed by atoms with Crippen LogP contribution in [0.25, 0.3) is 10.8 Å². The maximum Gasteiger partial charge on any atom is 0.249 e. The number of rotatable bonds is 4. The monoisotopic (exact) mass is 344 g/mol. The second-order valence-corrected chi connectivity index (χ2v) is 6.85. The van der Waals surface area contributed by atoms with Gasteiger partial charge in [0, 0.05) is 17.2 Å². The molecule has 0 aliphatic heterocycles. The van der Waals surface area contributed by atoms with Crippen LogP contribution in [-0.2, 0) is 4.79 Å². The van der Waals surface area contributed by atoms with Crippen LogP contribution < -0.4 is 11.1 Å². The summed E-state index contributed by atoms with van der Waals surface area (Å²) in [5.41, 5.74) is 8.40. The Morgan fingerprint density at radius 2 is 1.73 bits per heavy atom. The van der Waals surface area contributed by atoms with Crippen LogP contribution in [0, 0.1) is 12.8 Å². The molecule has 0 heterocycles. The number of hydrogen-bond donors (Lipinski definition) is 2. The highest BCUT2D eigenvalue weighted by atomic mass is 16.2. The maximum absolute atomic E-state index is 12.7. The highest BCUT2D eigenvalue weighted by molar-refractivity contribution is 6.00. The summed E-state index contributed by atoms with van der Waals surface area (Å²) in [7, 11) is 0. The molecule has 3 aromatic rings. The van der Waals surface area contributed by atoms with Crippen LogP contribution >= 0.6 is 0 Å². The second kappa shape index (κ2) is 6.30. The lowest BCUT2D eigenvalue weighted by atomic mass is 10.00. The molecule has 1 aliphatic carbocycles. The lowest BCUT2D eigenvalue weighted by Gasteiger charge is -2.11. The Balaban J connectivity index is 1.55.